The van der Waals surface area contributed by atoms with Crippen molar-refractivity contribution in [2.24, 2.45) is 10.9 Å². The maximum atomic E-state index is 8.88. The Balaban J connectivity index is 2.43. The normalized spacial score (nSPS) is 11.7. The van der Waals surface area contributed by atoms with Gasteiger partial charge in [0.2, 0.25) is 0 Å². The molecule has 1 heterocycles. The average Bonchev–Trinajstić information content (AvgIpc) is 2.38. The first kappa shape index (κ1) is 14.9. The van der Waals surface area contributed by atoms with Crippen molar-refractivity contribution in [2.45, 2.75) is 23.8 Å². The molecule has 0 atom stereocenters. The van der Waals surface area contributed by atoms with Crippen LogP contribution in [0.15, 0.2) is 49.9 Å². The summed E-state index contributed by atoms with van der Waals surface area (Å²) < 4.78 is 0.872. The Kier molecular flexibility index (Phi) is 4.67. The molecule has 0 unspecified atom stereocenters. The minimum atomic E-state index is 0.0816. The second kappa shape index (κ2) is 6.28. The predicted octanol–water partition coefficient (Wildman–Crippen LogP) is 3.71. The van der Waals surface area contributed by atoms with Crippen molar-refractivity contribution in [1.82, 2.24) is 4.98 Å². The summed E-state index contributed by atoms with van der Waals surface area (Å²) in [5.74, 6) is 0.0816. The van der Waals surface area contributed by atoms with Gasteiger partial charge in [-0.2, -0.15) is 0 Å². The highest BCUT2D eigenvalue weighted by Crippen LogP contribution is 2.31. The zero-order chi connectivity index (χ0) is 14.7. The number of halogens is 1. The van der Waals surface area contributed by atoms with Crippen LogP contribution in [0.2, 0.25) is 0 Å². The molecule has 0 aliphatic rings. The van der Waals surface area contributed by atoms with Gasteiger partial charge in [0.25, 0.3) is 0 Å². The van der Waals surface area contributed by atoms with Crippen molar-refractivity contribution in [3.8, 4) is 0 Å². The van der Waals surface area contributed by atoms with E-state index >= 15 is 0 Å². The number of benzene rings is 1. The Morgan fingerprint density at radius 2 is 2.05 bits per heavy atom. The van der Waals surface area contributed by atoms with Crippen LogP contribution < -0.4 is 5.73 Å². The molecule has 6 heteroatoms. The lowest BCUT2D eigenvalue weighted by Crippen LogP contribution is -2.14. The molecule has 2 rings (SSSR count). The van der Waals surface area contributed by atoms with E-state index in [0.717, 1.165) is 25.7 Å². The third-order valence-corrected chi connectivity index (χ3v) is 4.10. The summed E-state index contributed by atoms with van der Waals surface area (Å²) in [6.07, 6.45) is 0. The van der Waals surface area contributed by atoms with Crippen molar-refractivity contribution in [1.29, 1.82) is 0 Å². The fraction of sp³-hybridized carbons (Fsp3) is 0.143. The second-order valence-electron chi connectivity index (χ2n) is 4.35. The standard InChI is InChI=1S/C14H14BrN3OS/c1-8-5-9(2)17-13(6-8)20-12-4-3-10(15)7-11(12)14(16)18-19/h3-7,19H,1-2H3,(H2,16,18). The van der Waals surface area contributed by atoms with Gasteiger partial charge in [-0.05, 0) is 49.7 Å². The molecule has 1 aromatic carbocycles. The zero-order valence-corrected chi connectivity index (χ0v) is 13.5. The molecule has 0 saturated carbocycles. The van der Waals surface area contributed by atoms with Crippen LogP contribution in [-0.4, -0.2) is 16.0 Å². The van der Waals surface area contributed by atoms with Gasteiger partial charge in [0.1, 0.15) is 5.03 Å². The smallest absolute Gasteiger partial charge is 0.171 e. The molecule has 104 valence electrons. The lowest BCUT2D eigenvalue weighted by Gasteiger charge is -2.09. The van der Waals surface area contributed by atoms with Crippen molar-refractivity contribution in [2.75, 3.05) is 0 Å². The van der Waals surface area contributed by atoms with E-state index in [-0.39, 0.29) is 5.84 Å². The number of hydrogen-bond acceptors (Lipinski definition) is 4. The van der Waals surface area contributed by atoms with Gasteiger partial charge < -0.3 is 10.9 Å². The molecule has 0 aliphatic carbocycles. The van der Waals surface area contributed by atoms with Crippen LogP contribution in [0.4, 0.5) is 0 Å². The fourth-order valence-electron chi connectivity index (χ4n) is 1.81. The molecule has 20 heavy (non-hydrogen) atoms. The lowest BCUT2D eigenvalue weighted by atomic mass is 10.2. The Morgan fingerprint density at radius 1 is 1.30 bits per heavy atom. The van der Waals surface area contributed by atoms with E-state index in [1.807, 2.05) is 44.2 Å². The highest BCUT2D eigenvalue weighted by molar-refractivity contribution is 9.10. The average molecular weight is 352 g/mol. The Bertz CT molecular complexity index is 653. The topological polar surface area (TPSA) is 71.5 Å². The summed E-state index contributed by atoms with van der Waals surface area (Å²) in [6.45, 7) is 3.99. The van der Waals surface area contributed by atoms with Gasteiger partial charge in [-0.1, -0.05) is 32.8 Å². The Hall–Kier alpha value is -1.53. The fourth-order valence-corrected chi connectivity index (χ4v) is 3.24. The molecule has 4 nitrogen and oxygen atoms in total. The van der Waals surface area contributed by atoms with E-state index in [0.29, 0.717) is 5.56 Å². The van der Waals surface area contributed by atoms with E-state index in [9.17, 15) is 0 Å². The van der Waals surface area contributed by atoms with Crippen LogP contribution >= 0.6 is 27.7 Å². The largest absolute Gasteiger partial charge is 0.409 e. The molecule has 0 saturated heterocycles. The molecule has 0 spiro atoms. The molecular formula is C14H14BrN3OS. The summed E-state index contributed by atoms with van der Waals surface area (Å²) >= 11 is 4.88. The predicted molar refractivity (Wildman–Crippen MR) is 84.5 cm³/mol. The van der Waals surface area contributed by atoms with E-state index in [1.54, 1.807) is 0 Å². The second-order valence-corrected chi connectivity index (χ2v) is 6.33. The molecule has 0 amide bonds. The number of aryl methyl sites for hydroxylation is 2. The van der Waals surface area contributed by atoms with Gasteiger partial charge >= 0.3 is 0 Å². The minimum Gasteiger partial charge on any atom is -0.409 e. The molecule has 1 aromatic heterocycles. The molecule has 0 bridgehead atoms. The van der Waals surface area contributed by atoms with Crippen LogP contribution in [0.25, 0.3) is 0 Å². The number of rotatable bonds is 3. The van der Waals surface area contributed by atoms with Gasteiger partial charge in [-0.25, -0.2) is 4.98 Å². The zero-order valence-electron chi connectivity index (χ0n) is 11.1. The number of hydrogen-bond donors (Lipinski definition) is 2. The van der Waals surface area contributed by atoms with Gasteiger partial charge in [0.15, 0.2) is 5.84 Å². The summed E-state index contributed by atoms with van der Waals surface area (Å²) in [7, 11) is 0. The van der Waals surface area contributed by atoms with E-state index in [4.69, 9.17) is 10.9 Å². The molecule has 0 fully saturated rings. The number of pyridine rings is 1. The summed E-state index contributed by atoms with van der Waals surface area (Å²) in [4.78, 5) is 5.38. The van der Waals surface area contributed by atoms with Gasteiger partial charge in [0, 0.05) is 20.6 Å². The third-order valence-electron chi connectivity index (χ3n) is 2.61. The summed E-state index contributed by atoms with van der Waals surface area (Å²) in [6, 6.07) is 9.69. The Labute approximate surface area is 130 Å². The van der Waals surface area contributed by atoms with E-state index < -0.39 is 0 Å². The summed E-state index contributed by atoms with van der Waals surface area (Å²) in [5, 5.41) is 12.8. The first-order chi connectivity index (χ1) is 9.49. The van der Waals surface area contributed by atoms with E-state index in [1.165, 1.54) is 11.8 Å². The first-order valence-electron chi connectivity index (χ1n) is 5.90. The SMILES string of the molecule is Cc1cc(C)nc(Sc2ccc(Br)cc2/C(N)=N/O)c1. The highest BCUT2D eigenvalue weighted by atomic mass is 79.9. The van der Waals surface area contributed by atoms with E-state index in [2.05, 4.69) is 26.1 Å². The Morgan fingerprint density at radius 3 is 2.70 bits per heavy atom. The van der Waals surface area contributed by atoms with Crippen LogP contribution in [0.1, 0.15) is 16.8 Å². The highest BCUT2D eigenvalue weighted by Gasteiger charge is 2.10. The minimum absolute atomic E-state index is 0.0816. The maximum Gasteiger partial charge on any atom is 0.171 e. The number of nitrogens with zero attached hydrogens (tertiary/aromatic N) is 2. The number of aromatic nitrogens is 1. The molecule has 0 radical (unpaired) electrons. The van der Waals surface area contributed by atoms with Crippen molar-refractivity contribution in [3.63, 3.8) is 0 Å². The van der Waals surface area contributed by atoms with Crippen molar-refractivity contribution >= 4 is 33.5 Å². The van der Waals surface area contributed by atoms with Gasteiger partial charge in [-0.3, -0.25) is 0 Å². The third kappa shape index (κ3) is 3.52. The number of oxime groups is 1. The molecule has 2 aromatic rings. The maximum absolute atomic E-state index is 8.88. The first-order valence-corrected chi connectivity index (χ1v) is 7.51. The molecule has 0 aliphatic heterocycles. The van der Waals surface area contributed by atoms with Crippen molar-refractivity contribution in [3.05, 3.63) is 51.6 Å². The summed E-state index contributed by atoms with van der Waals surface area (Å²) in [5.41, 5.74) is 8.52. The van der Waals surface area contributed by atoms with Crippen LogP contribution in [0.5, 0.6) is 0 Å². The quantitative estimate of drug-likeness (QED) is 0.382. The number of amidine groups is 1. The number of nitrogens with two attached hydrogens (primary N) is 1. The van der Waals surface area contributed by atoms with Gasteiger partial charge in [0.05, 0.1) is 0 Å². The molecular weight excluding hydrogens is 338 g/mol. The lowest BCUT2D eigenvalue weighted by molar-refractivity contribution is 0.318. The van der Waals surface area contributed by atoms with Crippen LogP contribution in [0.3, 0.4) is 0 Å². The van der Waals surface area contributed by atoms with Crippen molar-refractivity contribution < 1.29 is 5.21 Å². The van der Waals surface area contributed by atoms with Crippen LogP contribution in [0, 0.1) is 13.8 Å². The monoisotopic (exact) mass is 351 g/mol. The molecule has 3 N–H and O–H groups in total. The van der Waals surface area contributed by atoms with Crippen LogP contribution in [-0.2, 0) is 0 Å². The van der Waals surface area contributed by atoms with Gasteiger partial charge in [-0.15, -0.1) is 0 Å².